The second kappa shape index (κ2) is 7.07. The fourth-order valence-electron chi connectivity index (χ4n) is 2.74. The molecule has 3 N–H and O–H groups in total. The van der Waals surface area contributed by atoms with Gasteiger partial charge in [-0.1, -0.05) is 6.92 Å². The monoisotopic (exact) mass is 334 g/mol. The van der Waals surface area contributed by atoms with Crippen molar-refractivity contribution in [2.75, 3.05) is 11.9 Å². The van der Waals surface area contributed by atoms with Gasteiger partial charge in [0.25, 0.3) is 5.91 Å². The number of amides is 3. The Morgan fingerprint density at radius 1 is 1.33 bits per heavy atom. The number of anilines is 1. The van der Waals surface area contributed by atoms with Gasteiger partial charge in [0.2, 0.25) is 11.8 Å². The van der Waals surface area contributed by atoms with Crippen LogP contribution in [0.15, 0.2) is 12.3 Å². The third-order valence-corrected chi connectivity index (χ3v) is 3.67. The second-order valence-electron chi connectivity index (χ2n) is 7.19. The van der Waals surface area contributed by atoms with Crippen molar-refractivity contribution in [3.05, 3.63) is 18.0 Å². The molecule has 0 aromatic carbocycles. The molecule has 0 saturated carbocycles. The van der Waals surface area contributed by atoms with Gasteiger partial charge < -0.3 is 20.5 Å². The summed E-state index contributed by atoms with van der Waals surface area (Å²) in [4.78, 5) is 35.9. The normalized spacial score (nSPS) is 17.0. The molecule has 2 rings (SSSR count). The van der Waals surface area contributed by atoms with Crippen LogP contribution in [-0.2, 0) is 9.59 Å². The molecule has 1 aliphatic heterocycles. The van der Waals surface area contributed by atoms with Crippen LogP contribution in [0, 0.1) is 0 Å². The average Bonchev–Trinajstić information content (AvgIpc) is 2.85. The number of fused-ring (bicyclic) bond motifs is 1. The largest absolute Gasteiger partial charge is 0.351 e. The van der Waals surface area contributed by atoms with Crippen LogP contribution in [0.5, 0.6) is 0 Å². The first-order valence-electron chi connectivity index (χ1n) is 8.30. The summed E-state index contributed by atoms with van der Waals surface area (Å²) in [5, 5.41) is 8.52. The van der Waals surface area contributed by atoms with Crippen molar-refractivity contribution in [2.45, 2.75) is 58.5 Å². The lowest BCUT2D eigenvalue weighted by molar-refractivity contribution is -0.123. The zero-order chi connectivity index (χ0) is 17.9. The molecule has 2 heterocycles. The fraction of sp³-hybridized carbons (Fsp3) is 0.588. The van der Waals surface area contributed by atoms with Crippen LogP contribution >= 0.6 is 0 Å². The number of nitrogens with one attached hydrogen (secondary N) is 3. The third kappa shape index (κ3) is 4.59. The molecule has 132 valence electrons. The first-order chi connectivity index (χ1) is 11.2. The van der Waals surface area contributed by atoms with Crippen LogP contribution in [0.25, 0.3) is 0 Å². The lowest BCUT2D eigenvalue weighted by Gasteiger charge is -2.28. The van der Waals surface area contributed by atoms with E-state index in [1.54, 1.807) is 16.8 Å². The predicted molar refractivity (Wildman–Crippen MR) is 91.9 cm³/mol. The highest BCUT2D eigenvalue weighted by atomic mass is 16.2. The number of nitrogens with zero attached hydrogens (tertiary/aromatic N) is 1. The van der Waals surface area contributed by atoms with E-state index in [1.165, 1.54) is 0 Å². The molecular weight excluding hydrogens is 308 g/mol. The molecule has 1 aromatic heterocycles. The van der Waals surface area contributed by atoms with Crippen molar-refractivity contribution in [1.82, 2.24) is 15.2 Å². The van der Waals surface area contributed by atoms with Gasteiger partial charge in [-0.15, -0.1) is 0 Å². The molecule has 1 unspecified atom stereocenters. The Kier molecular flexibility index (Phi) is 5.31. The van der Waals surface area contributed by atoms with Gasteiger partial charge >= 0.3 is 0 Å². The molecule has 0 fully saturated rings. The summed E-state index contributed by atoms with van der Waals surface area (Å²) in [6, 6.07) is 1.48. The number of carbonyl (C=O) groups is 3. The average molecular weight is 334 g/mol. The molecule has 7 nitrogen and oxygen atoms in total. The zero-order valence-corrected chi connectivity index (χ0v) is 14.7. The van der Waals surface area contributed by atoms with E-state index in [4.69, 9.17) is 0 Å². The second-order valence-corrected chi connectivity index (χ2v) is 7.19. The van der Waals surface area contributed by atoms with E-state index >= 15 is 0 Å². The Balaban J connectivity index is 2.14. The maximum atomic E-state index is 12.2. The quantitative estimate of drug-likeness (QED) is 0.767. The predicted octanol–water partition coefficient (Wildman–Crippen LogP) is 1.82. The minimum absolute atomic E-state index is 0.0696. The molecule has 0 radical (unpaired) electrons. The van der Waals surface area contributed by atoms with Crippen molar-refractivity contribution in [3.8, 4) is 0 Å². The number of hydrogen-bond donors (Lipinski definition) is 3. The summed E-state index contributed by atoms with van der Waals surface area (Å²) in [6.45, 7) is 8.10. The highest BCUT2D eigenvalue weighted by molar-refractivity contribution is 5.97. The molecule has 0 spiro atoms. The Labute approximate surface area is 142 Å². The Morgan fingerprint density at radius 3 is 2.67 bits per heavy atom. The fourth-order valence-corrected chi connectivity index (χ4v) is 2.74. The van der Waals surface area contributed by atoms with Crippen LogP contribution in [0.1, 0.15) is 63.5 Å². The Bertz CT molecular complexity index is 643. The number of rotatable bonds is 5. The summed E-state index contributed by atoms with van der Waals surface area (Å²) in [6.07, 6.45) is 3.19. The Morgan fingerprint density at radius 2 is 2.04 bits per heavy atom. The van der Waals surface area contributed by atoms with E-state index in [9.17, 15) is 14.4 Å². The lowest BCUT2D eigenvalue weighted by atomic mass is 10.1. The van der Waals surface area contributed by atoms with Crippen molar-refractivity contribution in [3.63, 3.8) is 0 Å². The molecule has 1 atom stereocenters. The van der Waals surface area contributed by atoms with E-state index in [1.807, 2.05) is 27.7 Å². The van der Waals surface area contributed by atoms with E-state index in [2.05, 4.69) is 16.0 Å². The van der Waals surface area contributed by atoms with Crippen LogP contribution in [-0.4, -0.2) is 34.4 Å². The smallest absolute Gasteiger partial charge is 0.268 e. The van der Waals surface area contributed by atoms with Gasteiger partial charge in [-0.2, -0.15) is 0 Å². The molecule has 0 aliphatic carbocycles. The van der Waals surface area contributed by atoms with Gasteiger partial charge in [0, 0.05) is 31.1 Å². The minimum atomic E-state index is -0.298. The molecule has 0 saturated heterocycles. The van der Waals surface area contributed by atoms with Crippen LogP contribution in [0.4, 0.5) is 5.69 Å². The molecule has 3 amide bonds. The van der Waals surface area contributed by atoms with Crippen molar-refractivity contribution in [1.29, 1.82) is 0 Å². The number of aromatic nitrogens is 1. The summed E-state index contributed by atoms with van der Waals surface area (Å²) in [5.41, 5.74) is 0.747. The third-order valence-electron chi connectivity index (χ3n) is 3.67. The van der Waals surface area contributed by atoms with E-state index < -0.39 is 0 Å². The SMILES string of the molecule is CCCC(=O)Nc1cc2n(c1)C(CC(=O)NC(C)(C)C)CNC2=O. The van der Waals surface area contributed by atoms with Crippen molar-refractivity contribution in [2.24, 2.45) is 0 Å². The Hall–Kier alpha value is -2.31. The van der Waals surface area contributed by atoms with E-state index in [-0.39, 0.29) is 35.7 Å². The van der Waals surface area contributed by atoms with E-state index in [0.29, 0.717) is 24.3 Å². The van der Waals surface area contributed by atoms with E-state index in [0.717, 1.165) is 6.42 Å². The lowest BCUT2D eigenvalue weighted by Crippen LogP contribution is -2.44. The first kappa shape index (κ1) is 18.0. The number of carbonyl (C=O) groups excluding carboxylic acids is 3. The first-order valence-corrected chi connectivity index (χ1v) is 8.30. The molecule has 1 aliphatic rings. The van der Waals surface area contributed by atoms with Gasteiger partial charge in [0.1, 0.15) is 5.69 Å². The molecule has 1 aromatic rings. The summed E-state index contributed by atoms with van der Waals surface area (Å²) in [7, 11) is 0. The summed E-state index contributed by atoms with van der Waals surface area (Å²) in [5.74, 6) is -0.346. The summed E-state index contributed by atoms with van der Waals surface area (Å²) < 4.78 is 1.78. The van der Waals surface area contributed by atoms with Gasteiger partial charge in [0.05, 0.1) is 11.7 Å². The van der Waals surface area contributed by atoms with Crippen LogP contribution in [0.3, 0.4) is 0 Å². The van der Waals surface area contributed by atoms with Crippen LogP contribution in [0.2, 0.25) is 0 Å². The van der Waals surface area contributed by atoms with Gasteiger partial charge in [0.15, 0.2) is 0 Å². The van der Waals surface area contributed by atoms with Gasteiger partial charge in [-0.3, -0.25) is 14.4 Å². The molecule has 7 heteroatoms. The topological polar surface area (TPSA) is 92.2 Å². The maximum absolute atomic E-state index is 12.2. The molecule has 0 bridgehead atoms. The number of hydrogen-bond acceptors (Lipinski definition) is 3. The standard InChI is InChI=1S/C17H26N4O3/c1-5-6-14(22)19-11-7-13-16(24)18-9-12(21(13)10-11)8-15(23)20-17(2,3)4/h7,10,12H,5-6,8-9H2,1-4H3,(H,18,24)(H,19,22)(H,20,23). The van der Waals surface area contributed by atoms with Crippen molar-refractivity contribution < 1.29 is 14.4 Å². The van der Waals surface area contributed by atoms with Crippen LogP contribution < -0.4 is 16.0 Å². The molecular formula is C17H26N4O3. The molecule has 24 heavy (non-hydrogen) atoms. The van der Waals surface area contributed by atoms with Crippen molar-refractivity contribution >= 4 is 23.4 Å². The zero-order valence-electron chi connectivity index (χ0n) is 14.7. The summed E-state index contributed by atoms with van der Waals surface area (Å²) >= 11 is 0. The van der Waals surface area contributed by atoms with Gasteiger partial charge in [-0.25, -0.2) is 0 Å². The minimum Gasteiger partial charge on any atom is -0.351 e. The highest BCUT2D eigenvalue weighted by Crippen LogP contribution is 2.24. The van der Waals surface area contributed by atoms with Gasteiger partial charge in [-0.05, 0) is 33.3 Å². The highest BCUT2D eigenvalue weighted by Gasteiger charge is 2.28. The maximum Gasteiger partial charge on any atom is 0.268 e.